The lowest BCUT2D eigenvalue weighted by molar-refractivity contribution is 0.0974. The summed E-state index contributed by atoms with van der Waals surface area (Å²) in [7, 11) is 0. The number of nitrogens with one attached hydrogen (secondary N) is 1. The van der Waals surface area contributed by atoms with Crippen LogP contribution in [0.5, 0.6) is 0 Å². The van der Waals surface area contributed by atoms with Gasteiger partial charge in [-0.1, -0.05) is 18.2 Å². The Bertz CT molecular complexity index is 1100. The minimum absolute atomic E-state index is 0.00183. The summed E-state index contributed by atoms with van der Waals surface area (Å²) >= 11 is 1.41. The lowest BCUT2D eigenvalue weighted by Gasteiger charge is -2.08. The van der Waals surface area contributed by atoms with Crippen LogP contribution >= 0.6 is 11.3 Å². The Kier molecular flexibility index (Phi) is 3.16. The van der Waals surface area contributed by atoms with Crippen molar-refractivity contribution in [3.63, 3.8) is 0 Å². The average molecular weight is 322 g/mol. The maximum atomic E-state index is 12.8. The van der Waals surface area contributed by atoms with E-state index in [1.807, 2.05) is 47.2 Å². The molecule has 0 radical (unpaired) electrons. The Hall–Kier alpha value is -2.66. The maximum Gasteiger partial charge on any atom is 0.199 e. The third kappa shape index (κ3) is 2.21. The third-order valence-corrected chi connectivity index (χ3v) is 4.99. The first-order valence-electron chi connectivity index (χ1n) is 7.32. The molecule has 4 nitrogen and oxygen atoms in total. The number of para-hydroxylation sites is 1. The van der Waals surface area contributed by atoms with Crippen LogP contribution in [0.25, 0.3) is 21.1 Å². The largest absolute Gasteiger partial charge is 0.358 e. The van der Waals surface area contributed by atoms with Gasteiger partial charge >= 0.3 is 0 Å². The Morgan fingerprint density at radius 3 is 2.91 bits per heavy atom. The zero-order valence-corrected chi connectivity index (χ0v) is 13.3. The molecule has 3 heterocycles. The molecule has 4 rings (SSSR count). The predicted molar refractivity (Wildman–Crippen MR) is 93.5 cm³/mol. The summed E-state index contributed by atoms with van der Waals surface area (Å²) in [4.78, 5) is 27.9. The second kappa shape index (κ2) is 5.21. The number of ketones is 1. The average Bonchev–Trinajstić information content (AvgIpc) is 3.14. The van der Waals surface area contributed by atoms with E-state index in [4.69, 9.17) is 0 Å². The highest BCUT2D eigenvalue weighted by Crippen LogP contribution is 2.23. The van der Waals surface area contributed by atoms with Crippen molar-refractivity contribution in [3.8, 4) is 0 Å². The van der Waals surface area contributed by atoms with Crippen molar-refractivity contribution in [1.29, 1.82) is 0 Å². The number of hydrogen-bond donors (Lipinski definition) is 1. The molecule has 0 aliphatic carbocycles. The van der Waals surface area contributed by atoms with E-state index >= 15 is 0 Å². The zero-order chi connectivity index (χ0) is 16.0. The summed E-state index contributed by atoms with van der Waals surface area (Å²) in [6, 6.07) is 11.2. The Morgan fingerprint density at radius 2 is 2.04 bits per heavy atom. The number of fused-ring (bicyclic) bond motifs is 2. The first-order valence-corrected chi connectivity index (χ1v) is 8.20. The number of rotatable bonds is 3. The number of carbonyl (C=O) groups is 1. The lowest BCUT2D eigenvalue weighted by Crippen LogP contribution is -2.13. The van der Waals surface area contributed by atoms with Gasteiger partial charge in [-0.3, -0.25) is 9.59 Å². The molecular formula is C18H14N2O2S. The number of Topliss-reactive ketones (excluding diaryl/α,β-unsaturated/α-hetero) is 1. The van der Waals surface area contributed by atoms with Crippen LogP contribution in [-0.2, 0) is 6.54 Å². The van der Waals surface area contributed by atoms with Gasteiger partial charge in [0, 0.05) is 34.4 Å². The molecule has 0 aliphatic rings. The highest BCUT2D eigenvalue weighted by Gasteiger charge is 2.17. The molecule has 0 saturated heterocycles. The quantitative estimate of drug-likeness (QED) is 0.584. The summed E-state index contributed by atoms with van der Waals surface area (Å²) in [5.41, 5.74) is 3.38. The highest BCUT2D eigenvalue weighted by molar-refractivity contribution is 7.17. The van der Waals surface area contributed by atoms with Crippen LogP contribution in [0.4, 0.5) is 0 Å². The Labute approximate surface area is 136 Å². The molecule has 4 aromatic rings. The SMILES string of the molecule is Cc1[nH]c2ccccc2c1C(=O)Cn1ccc(=O)c2sccc21. The molecule has 0 bridgehead atoms. The van der Waals surface area contributed by atoms with Gasteiger partial charge in [0.1, 0.15) is 0 Å². The van der Waals surface area contributed by atoms with Crippen molar-refractivity contribution in [1.82, 2.24) is 9.55 Å². The van der Waals surface area contributed by atoms with E-state index < -0.39 is 0 Å². The minimum atomic E-state index is 0.00183. The Morgan fingerprint density at radius 1 is 1.22 bits per heavy atom. The van der Waals surface area contributed by atoms with Crippen LogP contribution in [0.15, 0.2) is 52.8 Å². The van der Waals surface area contributed by atoms with Crippen LogP contribution in [0, 0.1) is 6.92 Å². The van der Waals surface area contributed by atoms with Gasteiger partial charge < -0.3 is 9.55 Å². The van der Waals surface area contributed by atoms with Gasteiger partial charge in [-0.25, -0.2) is 0 Å². The summed E-state index contributed by atoms with van der Waals surface area (Å²) in [6.07, 6.45) is 1.69. The molecule has 3 aromatic heterocycles. The smallest absolute Gasteiger partial charge is 0.199 e. The summed E-state index contributed by atoms with van der Waals surface area (Å²) in [5.74, 6) is 0.0381. The van der Waals surface area contributed by atoms with Crippen LogP contribution in [0.2, 0.25) is 0 Å². The number of hydrogen-bond acceptors (Lipinski definition) is 3. The first-order chi connectivity index (χ1) is 11.1. The maximum absolute atomic E-state index is 12.8. The summed E-state index contributed by atoms with van der Waals surface area (Å²) in [6.45, 7) is 2.13. The molecule has 0 atom stereocenters. The van der Waals surface area contributed by atoms with Crippen molar-refractivity contribution in [3.05, 3.63) is 69.5 Å². The van der Waals surface area contributed by atoms with Gasteiger partial charge in [0.15, 0.2) is 11.2 Å². The lowest BCUT2D eigenvalue weighted by atomic mass is 10.1. The molecule has 0 unspecified atom stereocenters. The fraction of sp³-hybridized carbons (Fsp3) is 0.111. The second-order valence-corrected chi connectivity index (χ2v) is 6.45. The molecule has 0 saturated carbocycles. The van der Waals surface area contributed by atoms with E-state index in [9.17, 15) is 9.59 Å². The van der Waals surface area contributed by atoms with E-state index in [0.717, 1.165) is 27.7 Å². The molecule has 0 spiro atoms. The van der Waals surface area contributed by atoms with Gasteiger partial charge in [-0.2, -0.15) is 0 Å². The first kappa shape index (κ1) is 14.0. The fourth-order valence-corrected chi connectivity index (χ4v) is 3.86. The fourth-order valence-electron chi connectivity index (χ4n) is 3.03. The molecule has 0 amide bonds. The van der Waals surface area contributed by atoms with Crippen LogP contribution in [0.1, 0.15) is 16.1 Å². The second-order valence-electron chi connectivity index (χ2n) is 5.54. The van der Waals surface area contributed by atoms with Gasteiger partial charge in [-0.15, -0.1) is 11.3 Å². The normalized spacial score (nSPS) is 11.3. The summed E-state index contributed by atoms with van der Waals surface area (Å²) in [5, 5.41) is 2.82. The number of nitrogens with zero attached hydrogens (tertiary/aromatic N) is 1. The number of aryl methyl sites for hydroxylation is 1. The van der Waals surface area contributed by atoms with Crippen molar-refractivity contribution in [2.45, 2.75) is 13.5 Å². The summed E-state index contributed by atoms with van der Waals surface area (Å²) < 4.78 is 2.53. The number of benzene rings is 1. The van der Waals surface area contributed by atoms with Crippen molar-refractivity contribution < 1.29 is 4.79 Å². The predicted octanol–water partition coefficient (Wildman–Crippen LogP) is 3.74. The number of aromatic amines is 1. The Balaban J connectivity index is 1.80. The molecule has 1 aromatic carbocycles. The molecule has 23 heavy (non-hydrogen) atoms. The third-order valence-electron chi connectivity index (χ3n) is 4.07. The van der Waals surface area contributed by atoms with E-state index in [0.29, 0.717) is 4.70 Å². The van der Waals surface area contributed by atoms with Gasteiger partial charge in [0.2, 0.25) is 0 Å². The van der Waals surface area contributed by atoms with Crippen molar-refractivity contribution in [2.75, 3.05) is 0 Å². The van der Waals surface area contributed by atoms with Gasteiger partial charge in [0.25, 0.3) is 0 Å². The van der Waals surface area contributed by atoms with Gasteiger partial charge in [-0.05, 0) is 24.4 Å². The van der Waals surface area contributed by atoms with Crippen LogP contribution in [0.3, 0.4) is 0 Å². The monoisotopic (exact) mass is 322 g/mol. The standard InChI is InChI=1S/C18H14N2O2S/c1-11-17(12-4-2-3-5-13(12)19-11)16(22)10-20-8-6-15(21)18-14(20)7-9-23-18/h2-9,19H,10H2,1H3. The molecule has 0 aliphatic heterocycles. The van der Waals surface area contributed by atoms with Crippen molar-refractivity contribution >= 4 is 38.2 Å². The minimum Gasteiger partial charge on any atom is -0.358 e. The van der Waals surface area contributed by atoms with Gasteiger partial charge in [0.05, 0.1) is 16.8 Å². The van der Waals surface area contributed by atoms with Crippen LogP contribution < -0.4 is 5.43 Å². The number of H-pyrrole nitrogens is 1. The molecule has 1 N–H and O–H groups in total. The molecule has 0 fully saturated rings. The van der Waals surface area contributed by atoms with Crippen LogP contribution in [-0.4, -0.2) is 15.3 Å². The highest BCUT2D eigenvalue weighted by atomic mass is 32.1. The number of pyridine rings is 1. The van der Waals surface area contributed by atoms with E-state index in [1.54, 1.807) is 6.20 Å². The number of thiophene rings is 1. The van der Waals surface area contributed by atoms with E-state index in [2.05, 4.69) is 4.98 Å². The molecule has 114 valence electrons. The van der Waals surface area contributed by atoms with E-state index in [1.165, 1.54) is 17.4 Å². The number of aromatic nitrogens is 2. The number of carbonyl (C=O) groups excluding carboxylic acids is 1. The van der Waals surface area contributed by atoms with E-state index in [-0.39, 0.29) is 17.8 Å². The topological polar surface area (TPSA) is 54.9 Å². The molecule has 5 heteroatoms. The van der Waals surface area contributed by atoms with Crippen molar-refractivity contribution in [2.24, 2.45) is 0 Å². The zero-order valence-electron chi connectivity index (χ0n) is 12.5. The molecular weight excluding hydrogens is 308 g/mol.